The largest absolute Gasteiger partial charge is 0.295 e. The van der Waals surface area contributed by atoms with Crippen molar-refractivity contribution in [2.24, 2.45) is 0 Å². The molecule has 0 atom stereocenters. The molecule has 2 heterocycles. The Morgan fingerprint density at radius 3 is 1.47 bits per heavy atom. The number of aromatic nitrogens is 4. The van der Waals surface area contributed by atoms with Gasteiger partial charge in [-0.05, 0) is 55.8 Å². The van der Waals surface area contributed by atoms with E-state index in [2.05, 4.69) is 10.2 Å². The van der Waals surface area contributed by atoms with Gasteiger partial charge in [0.15, 0.2) is 0 Å². The van der Waals surface area contributed by atoms with E-state index in [-0.39, 0.29) is 11.1 Å². The maximum Gasteiger partial charge on any atom is 0.275 e. The zero-order chi connectivity index (χ0) is 25.6. The lowest BCUT2D eigenvalue weighted by molar-refractivity contribution is 0.831. The van der Waals surface area contributed by atoms with E-state index in [1.54, 1.807) is 60.7 Å². The highest BCUT2D eigenvalue weighted by molar-refractivity contribution is 6.32. The van der Waals surface area contributed by atoms with E-state index >= 15 is 0 Å². The van der Waals surface area contributed by atoms with Crippen molar-refractivity contribution in [1.82, 2.24) is 19.6 Å². The van der Waals surface area contributed by atoms with Gasteiger partial charge in [-0.1, -0.05) is 71.2 Å². The van der Waals surface area contributed by atoms with Crippen LogP contribution in [0.3, 0.4) is 0 Å². The molecule has 2 N–H and O–H groups in total. The van der Waals surface area contributed by atoms with E-state index in [0.717, 1.165) is 5.56 Å². The number of aromatic amines is 2. The predicted molar refractivity (Wildman–Crippen MR) is 145 cm³/mol. The Morgan fingerprint density at radius 2 is 1.06 bits per heavy atom. The predicted octanol–water partition coefficient (Wildman–Crippen LogP) is 6.40. The van der Waals surface area contributed by atoms with Gasteiger partial charge in [0.2, 0.25) is 0 Å². The van der Waals surface area contributed by atoms with Gasteiger partial charge in [-0.15, -0.1) is 0 Å². The second-order valence-corrected chi connectivity index (χ2v) is 9.72. The van der Waals surface area contributed by atoms with E-state index in [1.165, 1.54) is 9.36 Å². The number of H-pyrrole nitrogens is 2. The van der Waals surface area contributed by atoms with Crippen molar-refractivity contribution < 1.29 is 0 Å². The van der Waals surface area contributed by atoms with Gasteiger partial charge in [0, 0.05) is 22.3 Å². The second-order valence-electron chi connectivity index (χ2n) is 8.47. The molecular weight excluding hydrogens is 519 g/mol. The summed E-state index contributed by atoms with van der Waals surface area (Å²) in [6.07, 6.45) is 0. The monoisotopic (exact) mass is 538 g/mol. The highest BCUT2D eigenvalue weighted by Gasteiger charge is 2.31. The SMILES string of the molecule is Cc1[nH]n(-c2ccccc2Cl)c(=O)c1C(c1ccc(Cl)cc1)c1c(C)[nH]n(-c2ccccc2Cl)c1=O. The molecule has 0 aliphatic heterocycles. The maximum absolute atomic E-state index is 13.9. The summed E-state index contributed by atoms with van der Waals surface area (Å²) in [5.41, 5.74) is 3.28. The molecule has 5 rings (SSSR count). The number of benzene rings is 3. The molecule has 5 aromatic rings. The zero-order valence-electron chi connectivity index (χ0n) is 19.4. The topological polar surface area (TPSA) is 75.6 Å². The first-order chi connectivity index (χ1) is 17.3. The zero-order valence-corrected chi connectivity index (χ0v) is 21.6. The molecule has 0 bridgehead atoms. The molecule has 36 heavy (non-hydrogen) atoms. The lowest BCUT2D eigenvalue weighted by atomic mass is 9.85. The Balaban J connectivity index is 1.79. The highest BCUT2D eigenvalue weighted by Crippen LogP contribution is 2.33. The Morgan fingerprint density at radius 1 is 0.639 bits per heavy atom. The fraction of sp³-hybridized carbons (Fsp3) is 0.111. The van der Waals surface area contributed by atoms with Crippen LogP contribution in [0.4, 0.5) is 0 Å². The first-order valence-electron chi connectivity index (χ1n) is 11.2. The van der Waals surface area contributed by atoms with Crippen LogP contribution in [0.15, 0.2) is 82.4 Å². The summed E-state index contributed by atoms with van der Waals surface area (Å²) in [6, 6.07) is 21.3. The molecule has 0 radical (unpaired) electrons. The normalized spacial score (nSPS) is 11.4. The summed E-state index contributed by atoms with van der Waals surface area (Å²) in [5, 5.41) is 7.69. The van der Waals surface area contributed by atoms with E-state index in [0.29, 0.717) is 49.0 Å². The van der Waals surface area contributed by atoms with Crippen molar-refractivity contribution in [1.29, 1.82) is 0 Å². The number of halogens is 3. The van der Waals surface area contributed by atoms with E-state index in [9.17, 15) is 9.59 Å². The summed E-state index contributed by atoms with van der Waals surface area (Å²) in [7, 11) is 0. The number of nitrogens with zero attached hydrogens (tertiary/aromatic N) is 2. The van der Waals surface area contributed by atoms with Crippen molar-refractivity contribution in [2.75, 3.05) is 0 Å². The molecule has 0 unspecified atom stereocenters. The molecule has 0 saturated carbocycles. The van der Waals surface area contributed by atoms with Crippen molar-refractivity contribution in [2.45, 2.75) is 19.8 Å². The van der Waals surface area contributed by atoms with E-state index < -0.39 is 5.92 Å². The summed E-state index contributed by atoms with van der Waals surface area (Å²) in [6.45, 7) is 3.61. The fourth-order valence-corrected chi connectivity index (χ4v) is 5.10. The quantitative estimate of drug-likeness (QED) is 0.271. The Kier molecular flexibility index (Phi) is 6.43. The molecule has 2 aromatic heterocycles. The van der Waals surface area contributed by atoms with Gasteiger partial charge < -0.3 is 0 Å². The van der Waals surface area contributed by atoms with Gasteiger partial charge in [0.25, 0.3) is 11.1 Å². The Bertz CT molecular complexity index is 1590. The molecule has 0 aliphatic rings. The molecule has 6 nitrogen and oxygen atoms in total. The van der Waals surface area contributed by atoms with Crippen LogP contribution in [-0.4, -0.2) is 19.6 Å². The number of para-hydroxylation sites is 2. The molecule has 0 saturated heterocycles. The van der Waals surface area contributed by atoms with Crippen LogP contribution in [0.1, 0.15) is 34.0 Å². The third-order valence-corrected chi connectivity index (χ3v) is 7.09. The summed E-state index contributed by atoms with van der Waals surface area (Å²) in [5.74, 6) is -0.678. The second kappa shape index (κ2) is 9.54. The molecule has 0 amide bonds. The van der Waals surface area contributed by atoms with Gasteiger partial charge in [-0.25, -0.2) is 9.36 Å². The lowest BCUT2D eigenvalue weighted by Crippen LogP contribution is -2.25. The third-order valence-electron chi connectivity index (χ3n) is 6.20. The summed E-state index contributed by atoms with van der Waals surface area (Å²) < 4.78 is 2.81. The minimum absolute atomic E-state index is 0.301. The van der Waals surface area contributed by atoms with Gasteiger partial charge in [-0.3, -0.25) is 19.8 Å². The van der Waals surface area contributed by atoms with Crippen LogP contribution in [0.25, 0.3) is 11.4 Å². The van der Waals surface area contributed by atoms with Gasteiger partial charge in [0.05, 0.1) is 32.5 Å². The number of hydrogen-bond acceptors (Lipinski definition) is 2. The minimum atomic E-state index is -0.678. The summed E-state index contributed by atoms with van der Waals surface area (Å²) in [4.78, 5) is 27.7. The third kappa shape index (κ3) is 4.11. The molecule has 3 aromatic carbocycles. The smallest absolute Gasteiger partial charge is 0.275 e. The molecular formula is C27H21Cl3N4O2. The highest BCUT2D eigenvalue weighted by atomic mass is 35.5. The van der Waals surface area contributed by atoms with E-state index in [1.807, 2.05) is 26.0 Å². The van der Waals surface area contributed by atoms with Crippen molar-refractivity contribution >= 4 is 34.8 Å². The van der Waals surface area contributed by atoms with Crippen LogP contribution in [0.2, 0.25) is 15.1 Å². The number of aryl methyl sites for hydroxylation is 2. The fourth-order valence-electron chi connectivity index (χ4n) is 4.54. The van der Waals surface area contributed by atoms with Crippen LogP contribution in [0, 0.1) is 13.8 Å². The van der Waals surface area contributed by atoms with Crippen LogP contribution >= 0.6 is 34.8 Å². The van der Waals surface area contributed by atoms with Crippen LogP contribution in [-0.2, 0) is 0 Å². The Labute approximate surface area is 221 Å². The molecule has 9 heteroatoms. The average Bonchev–Trinajstić information content (AvgIpc) is 3.31. The minimum Gasteiger partial charge on any atom is -0.295 e. The number of rotatable bonds is 5. The number of nitrogens with one attached hydrogen (secondary N) is 2. The van der Waals surface area contributed by atoms with Gasteiger partial charge in [-0.2, -0.15) is 0 Å². The molecule has 0 aliphatic carbocycles. The van der Waals surface area contributed by atoms with Crippen LogP contribution in [0.5, 0.6) is 0 Å². The van der Waals surface area contributed by atoms with Gasteiger partial charge in [0.1, 0.15) is 0 Å². The van der Waals surface area contributed by atoms with Crippen LogP contribution < -0.4 is 11.1 Å². The van der Waals surface area contributed by atoms with E-state index in [4.69, 9.17) is 34.8 Å². The average molecular weight is 540 g/mol. The first kappa shape index (κ1) is 24.3. The Hall–Kier alpha value is -3.45. The lowest BCUT2D eigenvalue weighted by Gasteiger charge is -2.16. The van der Waals surface area contributed by atoms with Crippen molar-refractivity contribution in [3.05, 3.63) is 137 Å². The first-order valence-corrected chi connectivity index (χ1v) is 12.3. The van der Waals surface area contributed by atoms with Crippen molar-refractivity contribution in [3.8, 4) is 11.4 Å². The standard InChI is InChI=1S/C27H21Cl3N4O2/c1-15-23(26(35)33(31-15)21-9-5-3-7-19(21)29)25(17-11-13-18(28)14-12-17)24-16(2)32-34(27(24)36)22-10-6-4-8-20(22)30/h3-14,25,31-32H,1-2H3. The molecule has 0 fully saturated rings. The number of hydrogen-bond donors (Lipinski definition) is 2. The van der Waals surface area contributed by atoms with Gasteiger partial charge >= 0.3 is 0 Å². The van der Waals surface area contributed by atoms with Crippen molar-refractivity contribution in [3.63, 3.8) is 0 Å². The molecule has 182 valence electrons. The molecule has 0 spiro atoms. The summed E-state index contributed by atoms with van der Waals surface area (Å²) >= 11 is 19.0. The maximum atomic E-state index is 13.9.